The van der Waals surface area contributed by atoms with Crippen LogP contribution >= 0.6 is 19.7 Å². The molecule has 2 amide bonds. The quantitative estimate of drug-likeness (QED) is 0.404. The van der Waals surface area contributed by atoms with E-state index in [1.165, 1.54) is 18.7 Å². The highest BCUT2D eigenvalue weighted by atomic mass is 32.2. The number of carbonyl (C=O) groups excluding carboxylic acids is 3. The van der Waals surface area contributed by atoms with E-state index in [0.717, 1.165) is 0 Å². The Kier molecular flexibility index (Phi) is 11.8. The Morgan fingerprint density at radius 3 is 2.56 bits per heavy atom. The van der Waals surface area contributed by atoms with Gasteiger partial charge in [0.05, 0.1) is 0 Å². The Hall–Kier alpha value is -1.02. The standard InChI is InChI=1S/C15H28N3O5PS/c1-12(19)25-10-8-18(4)14(21)5-7-16-13(20)11-15(2,3)6-9-24(23)17-22/h22H,5-11H2,1-4H3,(H,16,20). The first-order valence-electron chi connectivity index (χ1n) is 8.01. The van der Waals surface area contributed by atoms with Crippen LogP contribution in [0.25, 0.3) is 0 Å². The van der Waals surface area contributed by atoms with Crippen molar-refractivity contribution in [3.05, 3.63) is 0 Å². The molecule has 0 aromatic rings. The largest absolute Gasteiger partial charge is 0.610 e. The van der Waals surface area contributed by atoms with Crippen molar-refractivity contribution >= 4 is 36.6 Å². The molecule has 1 atom stereocenters. The predicted octanol–water partition coefficient (Wildman–Crippen LogP) is 1.37. The van der Waals surface area contributed by atoms with Crippen LogP contribution in [0.1, 0.15) is 40.0 Å². The zero-order valence-corrected chi connectivity index (χ0v) is 17.0. The maximum Gasteiger partial charge on any atom is 0.224 e. The Balaban J connectivity index is 4.04. The molecule has 0 aliphatic heterocycles. The molecule has 0 heterocycles. The van der Waals surface area contributed by atoms with Crippen LogP contribution in [0, 0.1) is 5.41 Å². The Morgan fingerprint density at radius 2 is 2.00 bits per heavy atom. The van der Waals surface area contributed by atoms with Gasteiger partial charge in [0, 0.05) is 50.6 Å². The van der Waals surface area contributed by atoms with Gasteiger partial charge < -0.3 is 15.1 Å². The average Bonchev–Trinajstić information content (AvgIpc) is 2.51. The third kappa shape index (κ3) is 12.9. The van der Waals surface area contributed by atoms with E-state index in [4.69, 9.17) is 5.21 Å². The lowest BCUT2D eigenvalue weighted by Crippen LogP contribution is -2.34. The predicted molar refractivity (Wildman–Crippen MR) is 97.4 cm³/mol. The lowest BCUT2D eigenvalue weighted by Gasteiger charge is -2.22. The minimum absolute atomic E-state index is 0.0212. The molecular weight excluding hydrogens is 365 g/mol. The number of rotatable bonds is 11. The molecule has 0 aliphatic carbocycles. The molecule has 0 aromatic heterocycles. The fraction of sp³-hybridized carbons (Fsp3) is 0.800. The number of hydrogen-bond donors (Lipinski definition) is 2. The molecule has 1 unspecified atom stereocenters. The molecule has 0 bridgehead atoms. The minimum Gasteiger partial charge on any atom is -0.610 e. The van der Waals surface area contributed by atoms with Crippen molar-refractivity contribution in [1.82, 2.24) is 10.2 Å². The van der Waals surface area contributed by atoms with Crippen LogP contribution in [-0.2, 0) is 14.4 Å². The molecule has 0 aliphatic rings. The zero-order valence-electron chi connectivity index (χ0n) is 15.3. The number of nitrogens with zero attached hydrogens (tertiary/aromatic N) is 2. The molecule has 2 N–H and O–H groups in total. The summed E-state index contributed by atoms with van der Waals surface area (Å²) in [6, 6.07) is 0. The van der Waals surface area contributed by atoms with Crippen molar-refractivity contribution < 1.29 is 24.5 Å². The van der Waals surface area contributed by atoms with Gasteiger partial charge in [-0.1, -0.05) is 25.6 Å². The normalized spacial score (nSPS) is 12.0. The fourth-order valence-electron chi connectivity index (χ4n) is 1.98. The highest BCUT2D eigenvalue weighted by Gasteiger charge is 2.24. The molecule has 0 rings (SSSR count). The Bertz CT molecular complexity index is 500. The van der Waals surface area contributed by atoms with Crippen LogP contribution in [0.4, 0.5) is 0 Å². The van der Waals surface area contributed by atoms with E-state index >= 15 is 0 Å². The maximum atomic E-state index is 11.9. The van der Waals surface area contributed by atoms with Crippen molar-refractivity contribution in [3.63, 3.8) is 0 Å². The molecule has 8 nitrogen and oxygen atoms in total. The van der Waals surface area contributed by atoms with Gasteiger partial charge in [-0.05, 0) is 11.8 Å². The van der Waals surface area contributed by atoms with Gasteiger partial charge >= 0.3 is 0 Å². The van der Waals surface area contributed by atoms with Gasteiger partial charge in [-0.15, -0.1) is 0 Å². The number of hydrogen-bond acceptors (Lipinski definition) is 6. The summed E-state index contributed by atoms with van der Waals surface area (Å²) in [7, 11) is -0.310. The van der Waals surface area contributed by atoms with E-state index in [1.807, 2.05) is 13.8 Å². The van der Waals surface area contributed by atoms with Crippen molar-refractivity contribution in [3.8, 4) is 0 Å². The molecule has 0 radical (unpaired) electrons. The van der Waals surface area contributed by atoms with E-state index in [9.17, 15) is 19.3 Å². The van der Waals surface area contributed by atoms with Crippen LogP contribution < -0.4 is 10.2 Å². The van der Waals surface area contributed by atoms with Gasteiger partial charge in [-0.3, -0.25) is 14.4 Å². The third-order valence-electron chi connectivity index (χ3n) is 3.54. The minimum atomic E-state index is -1.98. The summed E-state index contributed by atoms with van der Waals surface area (Å²) in [5, 5.41) is 11.1. The number of amides is 2. The van der Waals surface area contributed by atoms with Crippen LogP contribution in [0.3, 0.4) is 0 Å². The summed E-state index contributed by atoms with van der Waals surface area (Å²) in [5.74, 6) is 0.287. The molecule has 0 aromatic carbocycles. The van der Waals surface area contributed by atoms with Crippen molar-refractivity contribution in [2.45, 2.75) is 40.0 Å². The van der Waals surface area contributed by atoms with E-state index in [-0.39, 0.29) is 47.9 Å². The first-order valence-corrected chi connectivity index (χ1v) is 10.4. The first kappa shape index (κ1) is 24.0. The SMILES string of the molecule is CC(=O)SCCN(C)C(=O)CCNC(=O)CC(C)(C)CC[P+]([O-])=NO. The van der Waals surface area contributed by atoms with E-state index < -0.39 is 7.94 Å². The van der Waals surface area contributed by atoms with Crippen LogP contribution in [0.5, 0.6) is 0 Å². The fourth-order valence-corrected chi connectivity index (χ4v) is 3.52. The van der Waals surface area contributed by atoms with Gasteiger partial charge in [0.25, 0.3) is 0 Å². The van der Waals surface area contributed by atoms with Gasteiger partial charge in [0.15, 0.2) is 5.12 Å². The molecule has 25 heavy (non-hydrogen) atoms. The summed E-state index contributed by atoms with van der Waals surface area (Å²) in [4.78, 5) is 50.1. The summed E-state index contributed by atoms with van der Waals surface area (Å²) in [6.07, 6.45) is 1.16. The summed E-state index contributed by atoms with van der Waals surface area (Å²) in [5.41, 5.74) is -0.371. The average molecular weight is 393 g/mol. The second-order valence-electron chi connectivity index (χ2n) is 6.51. The number of nitrogens with one attached hydrogen (secondary N) is 1. The van der Waals surface area contributed by atoms with Crippen LogP contribution in [0.15, 0.2) is 4.91 Å². The van der Waals surface area contributed by atoms with Crippen LogP contribution in [0.2, 0.25) is 0 Å². The number of thioether (sulfide) groups is 1. The molecule has 0 fully saturated rings. The number of carbonyl (C=O) groups is 3. The molecule has 0 saturated carbocycles. The summed E-state index contributed by atoms with van der Waals surface area (Å²) < 4.78 is 0. The monoisotopic (exact) mass is 393 g/mol. The van der Waals surface area contributed by atoms with Gasteiger partial charge in [0.1, 0.15) is 6.16 Å². The summed E-state index contributed by atoms with van der Waals surface area (Å²) in [6.45, 7) is 5.97. The second-order valence-corrected chi connectivity index (χ2v) is 9.11. The Morgan fingerprint density at radius 1 is 1.36 bits per heavy atom. The van der Waals surface area contributed by atoms with Gasteiger partial charge in [-0.25, -0.2) is 5.21 Å². The molecule has 10 heteroatoms. The second kappa shape index (κ2) is 12.4. The molecule has 144 valence electrons. The first-order chi connectivity index (χ1) is 11.6. The summed E-state index contributed by atoms with van der Waals surface area (Å²) >= 11 is 1.17. The van der Waals surface area contributed by atoms with E-state index in [2.05, 4.69) is 10.2 Å². The third-order valence-corrected chi connectivity index (χ3v) is 5.14. The highest BCUT2D eigenvalue weighted by molar-refractivity contribution is 8.13. The Labute approximate surface area is 154 Å². The lowest BCUT2D eigenvalue weighted by molar-refractivity contribution is -0.158. The van der Waals surface area contributed by atoms with Crippen LogP contribution in [-0.4, -0.2) is 59.1 Å². The topological polar surface area (TPSA) is 122 Å². The maximum absolute atomic E-state index is 11.9. The van der Waals surface area contributed by atoms with Gasteiger partial charge in [-0.2, -0.15) is 0 Å². The molecule has 0 spiro atoms. The van der Waals surface area contributed by atoms with Crippen molar-refractivity contribution in [2.24, 2.45) is 10.3 Å². The molecular formula is C15H28N3O5PS. The van der Waals surface area contributed by atoms with E-state index in [0.29, 0.717) is 18.7 Å². The van der Waals surface area contributed by atoms with Gasteiger partial charge in [0.2, 0.25) is 19.8 Å². The molecule has 0 saturated heterocycles. The zero-order chi connectivity index (χ0) is 19.5. The lowest BCUT2D eigenvalue weighted by atomic mass is 9.86. The van der Waals surface area contributed by atoms with Crippen molar-refractivity contribution in [1.29, 1.82) is 0 Å². The van der Waals surface area contributed by atoms with Crippen molar-refractivity contribution in [2.75, 3.05) is 32.1 Å². The smallest absolute Gasteiger partial charge is 0.224 e. The van der Waals surface area contributed by atoms with E-state index in [1.54, 1.807) is 11.9 Å². The highest BCUT2D eigenvalue weighted by Crippen LogP contribution is 2.29.